The molecule has 1 aromatic heterocycles. The van der Waals surface area contributed by atoms with Gasteiger partial charge in [0.05, 0.1) is 17.6 Å². The summed E-state index contributed by atoms with van der Waals surface area (Å²) in [6.07, 6.45) is 1.77. The maximum Gasteiger partial charge on any atom is 0.227 e. The van der Waals surface area contributed by atoms with E-state index < -0.39 is 0 Å². The fraction of sp³-hybridized carbons (Fsp3) is 0.391. The number of piperidine rings is 1. The number of fused-ring (bicyclic) bond motifs is 1. The number of anilines is 1. The van der Waals surface area contributed by atoms with E-state index in [2.05, 4.69) is 52.2 Å². The van der Waals surface area contributed by atoms with Crippen LogP contribution in [0.4, 0.5) is 5.69 Å². The fourth-order valence-electron chi connectivity index (χ4n) is 3.84. The van der Waals surface area contributed by atoms with Gasteiger partial charge in [0.1, 0.15) is 5.82 Å². The molecule has 1 aliphatic rings. The summed E-state index contributed by atoms with van der Waals surface area (Å²) in [5, 5.41) is 3.08. The number of imidazole rings is 1. The number of H-pyrrole nitrogens is 1. The van der Waals surface area contributed by atoms with E-state index in [1.54, 1.807) is 0 Å². The van der Waals surface area contributed by atoms with Crippen LogP contribution in [0.5, 0.6) is 0 Å². The quantitative estimate of drug-likeness (QED) is 0.687. The number of amides is 1. The molecule has 1 fully saturated rings. The van der Waals surface area contributed by atoms with Crippen molar-refractivity contribution in [1.29, 1.82) is 0 Å². The standard InChI is InChI=1S/C23H28N4O/c1-16(2)17-7-9-19(10-8-17)24-23(28)18-11-13-27(14-12-18)15-22-25-20-5-3-4-6-21(20)26-22/h3-10,16,18H,11-15H2,1-2H3,(H,24,28)(H,25,26). The zero-order chi connectivity index (χ0) is 19.5. The Morgan fingerprint density at radius 1 is 1.14 bits per heavy atom. The molecule has 28 heavy (non-hydrogen) atoms. The van der Waals surface area contributed by atoms with Gasteiger partial charge in [0.2, 0.25) is 5.91 Å². The van der Waals surface area contributed by atoms with Gasteiger partial charge in [-0.05, 0) is 61.7 Å². The molecule has 0 saturated carbocycles. The largest absolute Gasteiger partial charge is 0.341 e. The summed E-state index contributed by atoms with van der Waals surface area (Å²) < 4.78 is 0. The first-order valence-electron chi connectivity index (χ1n) is 10.2. The number of carbonyl (C=O) groups is 1. The minimum absolute atomic E-state index is 0.0803. The highest BCUT2D eigenvalue weighted by Gasteiger charge is 2.25. The van der Waals surface area contributed by atoms with Crippen LogP contribution in [0.2, 0.25) is 0 Å². The Morgan fingerprint density at radius 3 is 2.54 bits per heavy atom. The van der Waals surface area contributed by atoms with Crippen molar-refractivity contribution in [3.8, 4) is 0 Å². The van der Waals surface area contributed by atoms with Gasteiger partial charge in [-0.1, -0.05) is 38.1 Å². The first-order chi connectivity index (χ1) is 13.6. The van der Waals surface area contributed by atoms with Gasteiger partial charge in [0.25, 0.3) is 0 Å². The molecule has 0 bridgehead atoms. The SMILES string of the molecule is CC(C)c1ccc(NC(=O)C2CCN(Cc3nc4ccccc4[nH]3)CC2)cc1. The average molecular weight is 377 g/mol. The minimum Gasteiger partial charge on any atom is -0.341 e. The Bertz CT molecular complexity index is 904. The van der Waals surface area contributed by atoms with Gasteiger partial charge in [-0.3, -0.25) is 9.69 Å². The van der Waals surface area contributed by atoms with Gasteiger partial charge in [-0.2, -0.15) is 0 Å². The molecule has 5 nitrogen and oxygen atoms in total. The highest BCUT2D eigenvalue weighted by Crippen LogP contribution is 2.22. The Morgan fingerprint density at radius 2 is 1.86 bits per heavy atom. The Hall–Kier alpha value is -2.66. The normalized spacial score (nSPS) is 16.0. The van der Waals surface area contributed by atoms with E-state index in [0.717, 1.165) is 55.0 Å². The number of rotatable bonds is 5. The molecule has 0 spiro atoms. The summed E-state index contributed by atoms with van der Waals surface area (Å²) in [5.41, 5.74) is 4.27. The number of nitrogens with one attached hydrogen (secondary N) is 2. The third-order valence-corrected chi connectivity index (χ3v) is 5.62. The summed E-state index contributed by atoms with van der Waals surface area (Å²) in [6, 6.07) is 16.3. The number of nitrogens with zero attached hydrogens (tertiary/aromatic N) is 2. The molecule has 4 rings (SSSR count). The summed E-state index contributed by atoms with van der Waals surface area (Å²) in [4.78, 5) is 23.0. The molecule has 1 amide bonds. The van der Waals surface area contributed by atoms with Crippen molar-refractivity contribution in [3.63, 3.8) is 0 Å². The Balaban J connectivity index is 1.29. The Kier molecular flexibility index (Phi) is 5.44. The predicted octanol–water partition coefficient (Wildman–Crippen LogP) is 4.54. The van der Waals surface area contributed by atoms with E-state index in [1.165, 1.54) is 5.56 Å². The van der Waals surface area contributed by atoms with Gasteiger partial charge in [-0.25, -0.2) is 4.98 Å². The molecule has 2 heterocycles. The molecule has 2 aromatic carbocycles. The van der Waals surface area contributed by atoms with Crippen LogP contribution in [0.3, 0.4) is 0 Å². The maximum atomic E-state index is 12.6. The van der Waals surface area contributed by atoms with E-state index in [0.29, 0.717) is 5.92 Å². The highest BCUT2D eigenvalue weighted by molar-refractivity contribution is 5.92. The molecule has 146 valence electrons. The number of carbonyl (C=O) groups excluding carboxylic acids is 1. The molecule has 0 aliphatic carbocycles. The van der Waals surface area contributed by atoms with Crippen LogP contribution >= 0.6 is 0 Å². The molecular formula is C23H28N4O. The third-order valence-electron chi connectivity index (χ3n) is 5.62. The number of benzene rings is 2. The van der Waals surface area contributed by atoms with E-state index in [4.69, 9.17) is 0 Å². The summed E-state index contributed by atoms with van der Waals surface area (Å²) in [7, 11) is 0. The lowest BCUT2D eigenvalue weighted by molar-refractivity contribution is -0.121. The van der Waals surface area contributed by atoms with Crippen molar-refractivity contribution in [1.82, 2.24) is 14.9 Å². The van der Waals surface area contributed by atoms with Crippen molar-refractivity contribution in [2.24, 2.45) is 5.92 Å². The molecule has 3 aromatic rings. The maximum absolute atomic E-state index is 12.6. The van der Waals surface area contributed by atoms with E-state index in [-0.39, 0.29) is 11.8 Å². The van der Waals surface area contributed by atoms with Crippen molar-refractivity contribution in [3.05, 3.63) is 59.9 Å². The average Bonchev–Trinajstić information content (AvgIpc) is 3.11. The lowest BCUT2D eigenvalue weighted by Crippen LogP contribution is -2.38. The number of hydrogen-bond donors (Lipinski definition) is 2. The molecule has 0 unspecified atom stereocenters. The first-order valence-corrected chi connectivity index (χ1v) is 10.2. The van der Waals surface area contributed by atoms with Crippen LogP contribution < -0.4 is 5.32 Å². The molecule has 5 heteroatoms. The van der Waals surface area contributed by atoms with Crippen LogP contribution in [0.25, 0.3) is 11.0 Å². The molecular weight excluding hydrogens is 348 g/mol. The van der Waals surface area contributed by atoms with Gasteiger partial charge in [0.15, 0.2) is 0 Å². The second-order valence-corrected chi connectivity index (χ2v) is 8.02. The minimum atomic E-state index is 0.0803. The van der Waals surface area contributed by atoms with Crippen LogP contribution in [-0.4, -0.2) is 33.9 Å². The van der Waals surface area contributed by atoms with Gasteiger partial charge in [0, 0.05) is 11.6 Å². The molecule has 2 N–H and O–H groups in total. The van der Waals surface area contributed by atoms with E-state index in [1.807, 2.05) is 30.3 Å². The smallest absolute Gasteiger partial charge is 0.227 e. The van der Waals surface area contributed by atoms with Crippen molar-refractivity contribution in [2.75, 3.05) is 18.4 Å². The lowest BCUT2D eigenvalue weighted by Gasteiger charge is -2.30. The third kappa shape index (κ3) is 4.25. The van der Waals surface area contributed by atoms with Gasteiger partial charge < -0.3 is 10.3 Å². The van der Waals surface area contributed by atoms with Crippen LogP contribution in [0.1, 0.15) is 44.0 Å². The summed E-state index contributed by atoms with van der Waals surface area (Å²) in [6.45, 7) is 6.99. The Labute approximate surface area is 166 Å². The van der Waals surface area contributed by atoms with Crippen LogP contribution in [0.15, 0.2) is 48.5 Å². The number of hydrogen-bond acceptors (Lipinski definition) is 3. The lowest BCUT2D eigenvalue weighted by atomic mass is 9.95. The van der Waals surface area contributed by atoms with Crippen molar-refractivity contribution in [2.45, 2.75) is 39.2 Å². The zero-order valence-electron chi connectivity index (χ0n) is 16.6. The monoisotopic (exact) mass is 376 g/mol. The van der Waals surface area contributed by atoms with Crippen LogP contribution in [-0.2, 0) is 11.3 Å². The second kappa shape index (κ2) is 8.15. The first kappa shape index (κ1) is 18.7. The highest BCUT2D eigenvalue weighted by atomic mass is 16.1. The molecule has 0 radical (unpaired) electrons. The number of aromatic nitrogens is 2. The fourth-order valence-corrected chi connectivity index (χ4v) is 3.84. The molecule has 1 saturated heterocycles. The van der Waals surface area contributed by atoms with Crippen molar-refractivity contribution < 1.29 is 4.79 Å². The van der Waals surface area contributed by atoms with Gasteiger partial charge in [-0.15, -0.1) is 0 Å². The van der Waals surface area contributed by atoms with Crippen molar-refractivity contribution >= 4 is 22.6 Å². The summed E-state index contributed by atoms with van der Waals surface area (Å²) >= 11 is 0. The van der Waals surface area contributed by atoms with Crippen LogP contribution in [0, 0.1) is 5.92 Å². The molecule has 1 aliphatic heterocycles. The summed E-state index contributed by atoms with van der Waals surface area (Å²) in [5.74, 6) is 1.72. The number of para-hydroxylation sites is 2. The van der Waals surface area contributed by atoms with E-state index in [9.17, 15) is 4.79 Å². The predicted molar refractivity (Wildman–Crippen MR) is 113 cm³/mol. The van der Waals surface area contributed by atoms with E-state index >= 15 is 0 Å². The van der Waals surface area contributed by atoms with Gasteiger partial charge >= 0.3 is 0 Å². The number of likely N-dealkylation sites (tertiary alicyclic amines) is 1. The topological polar surface area (TPSA) is 61.0 Å². The second-order valence-electron chi connectivity index (χ2n) is 8.02. The number of aromatic amines is 1. The molecule has 0 atom stereocenters. The zero-order valence-corrected chi connectivity index (χ0v) is 16.6.